The van der Waals surface area contributed by atoms with Crippen molar-refractivity contribution < 1.29 is 0 Å². The molecule has 4 rings (SSSR count). The Morgan fingerprint density at radius 2 is 1.87 bits per heavy atom. The van der Waals surface area contributed by atoms with Crippen LogP contribution in [0.1, 0.15) is 45.4 Å². The Morgan fingerprint density at radius 1 is 1.13 bits per heavy atom. The standard InChI is InChI=1S/C13H19.2Rf/c1-13-5-4-10(7-13)11-8-2-3-9(6-8)12(11)13;;/h8-9,11-12H,2-7H2,1H3;;/q-1;;. The van der Waals surface area contributed by atoms with E-state index in [9.17, 15) is 0 Å². The first kappa shape index (κ1) is 9.55. The Balaban J connectivity index is 0.000000427. The van der Waals surface area contributed by atoms with E-state index in [0.717, 1.165) is 29.1 Å². The van der Waals surface area contributed by atoms with E-state index in [4.69, 9.17) is 0 Å². The summed E-state index contributed by atoms with van der Waals surface area (Å²) in [6.07, 6.45) is 9.32. The second-order valence-corrected chi connectivity index (χ2v) is 6.37. The van der Waals surface area contributed by atoms with E-state index >= 15 is 0 Å². The second kappa shape index (κ2) is 2.32. The Morgan fingerprint density at radius 3 is 2.60 bits per heavy atom. The van der Waals surface area contributed by atoms with Crippen molar-refractivity contribution in [3.8, 4) is 0 Å². The molecule has 5 unspecified atom stereocenters. The molecule has 2 heteroatoms. The third-order valence-corrected chi connectivity index (χ3v) is 5.84. The first-order chi connectivity index (χ1) is 6.28. The molecule has 4 bridgehead atoms. The largest absolute Gasteiger partial charge is 0.310 e. The van der Waals surface area contributed by atoms with Crippen LogP contribution < -0.4 is 0 Å². The Bertz CT molecular complexity index is 265. The summed E-state index contributed by atoms with van der Waals surface area (Å²) in [5.74, 6) is 6.57. The molecule has 4 aliphatic carbocycles. The summed E-state index contributed by atoms with van der Waals surface area (Å²) in [4.78, 5) is 0. The zero-order valence-electron chi connectivity index (χ0n) is 9.97. The Labute approximate surface area is 81.1 Å². The smallest absolute Gasteiger partial charge is 0 e. The predicted molar refractivity (Wildman–Crippen MR) is 53.0 cm³/mol. The molecule has 15 heavy (non-hydrogen) atoms. The molecule has 5 atom stereocenters. The van der Waals surface area contributed by atoms with Gasteiger partial charge in [0.1, 0.15) is 0 Å². The quantitative estimate of drug-likeness (QED) is 0.268. The van der Waals surface area contributed by atoms with Crippen LogP contribution in [0.5, 0.6) is 0 Å². The van der Waals surface area contributed by atoms with Gasteiger partial charge in [0.25, 0.3) is 0 Å². The minimum atomic E-state index is 0. The molecule has 0 aromatic carbocycles. The van der Waals surface area contributed by atoms with Crippen LogP contribution in [0.15, 0.2) is 0 Å². The summed E-state index contributed by atoms with van der Waals surface area (Å²) in [5.41, 5.74) is 0.778. The first-order valence-electron chi connectivity index (χ1n) is 6.12. The van der Waals surface area contributed by atoms with Crippen LogP contribution in [-0.2, 0) is 0 Å². The molecule has 0 aromatic rings. The second-order valence-electron chi connectivity index (χ2n) is 6.37. The maximum atomic E-state index is 2.59. The molecule has 0 saturated heterocycles. The molecule has 0 spiro atoms. The van der Waals surface area contributed by atoms with Gasteiger partial charge < -0.3 is 5.92 Å². The number of fused-ring (bicyclic) bond motifs is 9. The van der Waals surface area contributed by atoms with Crippen LogP contribution >= 0.6 is 0 Å². The van der Waals surface area contributed by atoms with Crippen LogP contribution in [0.3, 0.4) is 0 Å². The summed E-state index contributed by atoms with van der Waals surface area (Å²) < 4.78 is 0. The zero-order valence-corrected chi connectivity index (χ0v) is 22.8. The monoisotopic (exact) mass is 709 g/mol. The summed E-state index contributed by atoms with van der Waals surface area (Å²) in [5, 5.41) is 0. The number of hydrogen-bond donors (Lipinski definition) is 0. The van der Waals surface area contributed by atoms with Crippen molar-refractivity contribution in [2.45, 2.75) is 45.4 Å². The van der Waals surface area contributed by atoms with Gasteiger partial charge in [0.15, 0.2) is 0 Å². The minimum absolute atomic E-state index is 0. The number of rotatable bonds is 0. The fourth-order valence-electron chi connectivity index (χ4n) is 5.59. The summed E-state index contributed by atoms with van der Waals surface area (Å²) in [7, 11) is 0. The van der Waals surface area contributed by atoms with Crippen molar-refractivity contribution in [3.05, 3.63) is 5.92 Å². The molecular formula is C13H19Rf2-. The van der Waals surface area contributed by atoms with Crippen LogP contribution in [0.2, 0.25) is 0 Å². The summed E-state index contributed by atoms with van der Waals surface area (Å²) >= 11 is 0. The fourth-order valence-corrected chi connectivity index (χ4v) is 5.59. The van der Waals surface area contributed by atoms with Crippen molar-refractivity contribution >= 4 is 0 Å². The van der Waals surface area contributed by atoms with Crippen molar-refractivity contribution in [2.24, 2.45) is 29.1 Å². The predicted octanol–water partition coefficient (Wildman–Crippen LogP) is 3.43. The molecule has 76 valence electrons. The van der Waals surface area contributed by atoms with Crippen molar-refractivity contribution in [3.63, 3.8) is 0 Å². The maximum Gasteiger partial charge on any atom is 0 e. The van der Waals surface area contributed by atoms with Gasteiger partial charge in [0.05, 0.1) is 0 Å². The van der Waals surface area contributed by atoms with Gasteiger partial charge >= 0.3 is 0 Å². The van der Waals surface area contributed by atoms with Crippen LogP contribution in [-0.4, -0.2) is 0 Å². The maximum absolute atomic E-state index is 2.59. The van der Waals surface area contributed by atoms with Crippen molar-refractivity contribution in [1.29, 1.82) is 0 Å². The van der Waals surface area contributed by atoms with Gasteiger partial charge in [-0.3, -0.25) is 0 Å². The Kier molecular flexibility index (Phi) is 1.48. The molecular weight excluding hydrogens is 690 g/mol. The normalized spacial score (nSPS) is 55.0. The summed E-state index contributed by atoms with van der Waals surface area (Å²) in [6, 6.07) is 0. The van der Waals surface area contributed by atoms with Gasteiger partial charge in [-0.2, -0.15) is 18.8 Å². The van der Waals surface area contributed by atoms with Crippen LogP contribution in [0, 0.1) is 35.0 Å². The zero-order chi connectivity index (χ0) is 8.63. The topological polar surface area (TPSA) is 0 Å². The first-order valence-corrected chi connectivity index (χ1v) is 6.12. The summed E-state index contributed by atoms with van der Waals surface area (Å²) in [6.45, 7) is 2.59. The van der Waals surface area contributed by atoms with Crippen molar-refractivity contribution in [1.82, 2.24) is 0 Å². The molecule has 4 aliphatic rings. The van der Waals surface area contributed by atoms with E-state index in [1.165, 1.54) is 19.3 Å². The molecule has 0 amide bonds. The molecule has 0 heterocycles. The van der Waals surface area contributed by atoms with E-state index in [0.29, 0.717) is 0 Å². The molecule has 0 N–H and O–H groups in total. The van der Waals surface area contributed by atoms with Gasteiger partial charge in [-0.1, -0.05) is 43.4 Å². The molecule has 0 aromatic heterocycles. The minimum Gasteiger partial charge on any atom is -0.310 e. The third kappa shape index (κ3) is 0.750. The molecule has 0 radical (unpaired) electrons. The Hall–Kier alpha value is -2.00. The SMILES string of the molecule is CC12CC[C-](C1)C1C3CCC(C3)C12.[Rf].[Rf]. The van der Waals surface area contributed by atoms with Crippen LogP contribution in [0.25, 0.3) is 0 Å². The average molecular weight is 709 g/mol. The van der Waals surface area contributed by atoms with Gasteiger partial charge in [-0.25, -0.2) is 0 Å². The molecule has 0 aliphatic heterocycles. The van der Waals surface area contributed by atoms with Gasteiger partial charge in [-0.05, 0) is 12.3 Å². The van der Waals surface area contributed by atoms with E-state index in [1.54, 1.807) is 19.3 Å². The van der Waals surface area contributed by atoms with E-state index < -0.39 is 0 Å². The molecule has 0 nitrogen and oxygen atoms in total. The number of hydrogen-bond acceptors (Lipinski definition) is 0. The van der Waals surface area contributed by atoms with Crippen molar-refractivity contribution in [2.75, 3.05) is 0 Å². The van der Waals surface area contributed by atoms with Gasteiger partial charge in [0.2, 0.25) is 0 Å². The van der Waals surface area contributed by atoms with E-state index in [-0.39, 0.29) is 0 Å². The third-order valence-electron chi connectivity index (χ3n) is 5.84. The average Bonchev–Trinajstić information content (AvgIpc) is 2.76. The fraction of sp³-hybridized carbons (Fsp3) is 0.923. The van der Waals surface area contributed by atoms with Crippen LogP contribution in [0.4, 0.5) is 0 Å². The molecule has 4 saturated carbocycles. The van der Waals surface area contributed by atoms with E-state index in [2.05, 4.69) is 6.92 Å². The van der Waals surface area contributed by atoms with Gasteiger partial charge in [0, 0.05) is 0 Å². The molecule has 4 fully saturated rings. The van der Waals surface area contributed by atoms with E-state index in [1.807, 2.05) is 5.92 Å². The van der Waals surface area contributed by atoms with Gasteiger partial charge in [-0.15, -0.1) is 0 Å².